The fourth-order valence-electron chi connectivity index (χ4n) is 1.56. The molecule has 20 heavy (non-hydrogen) atoms. The van der Waals surface area contributed by atoms with Gasteiger partial charge in [0, 0.05) is 13.1 Å². The number of ether oxygens (including phenoxy) is 1. The number of hydrogen-bond donors (Lipinski definition) is 3. The summed E-state index contributed by atoms with van der Waals surface area (Å²) in [5.74, 6) is -1.76. The van der Waals surface area contributed by atoms with Gasteiger partial charge in [-0.2, -0.15) is 0 Å². The van der Waals surface area contributed by atoms with Crippen LogP contribution in [0.2, 0.25) is 0 Å². The molecule has 0 aliphatic carbocycles. The zero-order chi connectivity index (χ0) is 15.0. The molecular weight excluding hydrogens is 288 g/mol. The molecule has 1 fully saturated rings. The number of carbonyl (C=O) groups excluding carboxylic acids is 2. The summed E-state index contributed by atoms with van der Waals surface area (Å²) in [6.45, 7) is 1.48. The van der Waals surface area contributed by atoms with Crippen molar-refractivity contribution in [2.24, 2.45) is 0 Å². The maximum Gasteiger partial charge on any atom is 0.328 e. The predicted octanol–water partition coefficient (Wildman–Crippen LogP) is -1.86. The van der Waals surface area contributed by atoms with Gasteiger partial charge in [-0.1, -0.05) is 0 Å². The Hall–Kier alpha value is -1.32. The van der Waals surface area contributed by atoms with E-state index in [2.05, 4.69) is 5.32 Å². The van der Waals surface area contributed by atoms with Crippen LogP contribution in [0.3, 0.4) is 0 Å². The van der Waals surface area contributed by atoms with Crippen molar-refractivity contribution >= 4 is 29.5 Å². The number of hydrogen-bond acceptors (Lipinski definition) is 6. The minimum atomic E-state index is -1.31. The monoisotopic (exact) mass is 306 g/mol. The summed E-state index contributed by atoms with van der Waals surface area (Å²) in [4.78, 5) is 35.4. The van der Waals surface area contributed by atoms with Crippen LogP contribution in [-0.4, -0.2) is 83.4 Å². The molecule has 2 amide bonds. The molecule has 1 aliphatic heterocycles. The molecule has 0 spiro atoms. The fourth-order valence-corrected chi connectivity index (χ4v) is 2.28. The first-order valence-electron chi connectivity index (χ1n) is 6.11. The first-order valence-corrected chi connectivity index (χ1v) is 7.26. The Kier molecular flexibility index (Phi) is 7.34. The molecule has 1 atom stereocenters. The van der Waals surface area contributed by atoms with Gasteiger partial charge < -0.3 is 25.2 Å². The van der Waals surface area contributed by atoms with Crippen molar-refractivity contribution in [3.8, 4) is 0 Å². The molecule has 9 heteroatoms. The van der Waals surface area contributed by atoms with Crippen molar-refractivity contribution in [1.82, 2.24) is 10.2 Å². The lowest BCUT2D eigenvalue weighted by Gasteiger charge is -2.26. The van der Waals surface area contributed by atoms with Gasteiger partial charge in [-0.15, -0.1) is 11.8 Å². The van der Waals surface area contributed by atoms with E-state index in [0.717, 1.165) is 11.8 Å². The number of nitrogens with one attached hydrogen (secondary N) is 1. The molecule has 1 heterocycles. The highest BCUT2D eigenvalue weighted by atomic mass is 32.2. The molecule has 0 saturated carbocycles. The average Bonchev–Trinajstić information content (AvgIpc) is 2.45. The van der Waals surface area contributed by atoms with E-state index in [1.54, 1.807) is 4.90 Å². The van der Waals surface area contributed by atoms with Gasteiger partial charge in [-0.05, 0) is 0 Å². The van der Waals surface area contributed by atoms with Crippen molar-refractivity contribution in [3.05, 3.63) is 0 Å². The highest BCUT2D eigenvalue weighted by Gasteiger charge is 2.20. The standard InChI is InChI=1S/C11H18N2O6S/c14-5-8(11(17)18)12-9(15)6-20-7-10(16)13-1-3-19-4-2-13/h8,14H,1-7H2,(H,12,15)(H,17,18)/t8-/m1/s1. The Balaban J connectivity index is 2.20. The van der Waals surface area contributed by atoms with Crippen molar-refractivity contribution in [1.29, 1.82) is 0 Å². The van der Waals surface area contributed by atoms with E-state index in [1.165, 1.54) is 0 Å². The molecule has 0 radical (unpaired) electrons. The maximum atomic E-state index is 11.7. The van der Waals surface area contributed by atoms with Gasteiger partial charge in [-0.25, -0.2) is 4.79 Å². The van der Waals surface area contributed by atoms with E-state index >= 15 is 0 Å². The molecule has 1 saturated heterocycles. The van der Waals surface area contributed by atoms with E-state index in [1.807, 2.05) is 0 Å². The molecule has 0 unspecified atom stereocenters. The quantitative estimate of drug-likeness (QED) is 0.505. The summed E-state index contributed by atoms with van der Waals surface area (Å²) in [6, 6.07) is -1.31. The number of aliphatic hydroxyl groups excluding tert-OH is 1. The third kappa shape index (κ3) is 5.76. The zero-order valence-electron chi connectivity index (χ0n) is 10.9. The number of rotatable bonds is 7. The van der Waals surface area contributed by atoms with Crippen molar-refractivity contribution < 1.29 is 29.3 Å². The Morgan fingerprint density at radius 3 is 2.45 bits per heavy atom. The number of aliphatic carboxylic acids is 1. The Bertz CT molecular complexity index is 359. The van der Waals surface area contributed by atoms with E-state index in [0.29, 0.717) is 26.3 Å². The van der Waals surface area contributed by atoms with Crippen LogP contribution in [0.1, 0.15) is 0 Å². The summed E-state index contributed by atoms with van der Waals surface area (Å²) >= 11 is 1.11. The second kappa shape index (κ2) is 8.77. The van der Waals surface area contributed by atoms with Gasteiger partial charge in [0.05, 0.1) is 31.3 Å². The van der Waals surface area contributed by atoms with Gasteiger partial charge in [-0.3, -0.25) is 9.59 Å². The maximum absolute atomic E-state index is 11.7. The fraction of sp³-hybridized carbons (Fsp3) is 0.727. The highest BCUT2D eigenvalue weighted by molar-refractivity contribution is 8.00. The number of carbonyl (C=O) groups is 3. The number of thioether (sulfide) groups is 1. The molecule has 8 nitrogen and oxygen atoms in total. The molecule has 3 N–H and O–H groups in total. The van der Waals surface area contributed by atoms with Gasteiger partial charge in [0.15, 0.2) is 0 Å². The molecule has 0 aromatic rings. The van der Waals surface area contributed by atoms with Gasteiger partial charge in [0.1, 0.15) is 6.04 Å². The smallest absolute Gasteiger partial charge is 0.328 e. The van der Waals surface area contributed by atoms with Crippen LogP contribution in [0.25, 0.3) is 0 Å². The minimum Gasteiger partial charge on any atom is -0.480 e. The van der Waals surface area contributed by atoms with Crippen LogP contribution in [0, 0.1) is 0 Å². The number of nitrogens with zero attached hydrogens (tertiary/aromatic N) is 1. The third-order valence-electron chi connectivity index (χ3n) is 2.64. The summed E-state index contributed by atoms with van der Waals surface area (Å²) in [5.41, 5.74) is 0. The van der Waals surface area contributed by atoms with Gasteiger partial charge >= 0.3 is 5.97 Å². The Morgan fingerprint density at radius 1 is 1.25 bits per heavy atom. The molecule has 0 aromatic heterocycles. The first-order chi connectivity index (χ1) is 9.54. The lowest BCUT2D eigenvalue weighted by Crippen LogP contribution is -2.44. The topological polar surface area (TPSA) is 116 Å². The van der Waals surface area contributed by atoms with Crippen molar-refractivity contribution in [2.45, 2.75) is 6.04 Å². The molecule has 1 aliphatic rings. The first kappa shape index (κ1) is 16.7. The van der Waals surface area contributed by atoms with Crippen LogP contribution in [0.15, 0.2) is 0 Å². The number of amides is 2. The largest absolute Gasteiger partial charge is 0.480 e. The third-order valence-corrected chi connectivity index (χ3v) is 3.56. The summed E-state index contributed by atoms with van der Waals surface area (Å²) in [7, 11) is 0. The average molecular weight is 306 g/mol. The highest BCUT2D eigenvalue weighted by Crippen LogP contribution is 2.05. The second-order valence-corrected chi connectivity index (χ2v) is 5.11. The Labute approximate surface area is 120 Å². The van der Waals surface area contributed by atoms with Crippen molar-refractivity contribution in [2.75, 3.05) is 44.4 Å². The summed E-state index contributed by atoms with van der Waals surface area (Å²) in [6.07, 6.45) is 0. The van der Waals surface area contributed by atoms with Crippen molar-refractivity contribution in [3.63, 3.8) is 0 Å². The van der Waals surface area contributed by atoms with Crippen LogP contribution in [0.5, 0.6) is 0 Å². The molecule has 0 aromatic carbocycles. The summed E-state index contributed by atoms with van der Waals surface area (Å²) < 4.78 is 5.13. The van der Waals surface area contributed by atoms with Crippen LogP contribution in [-0.2, 0) is 19.1 Å². The SMILES string of the molecule is O=C(CSCC(=O)N1CCOCC1)N[C@H](CO)C(=O)O. The van der Waals surface area contributed by atoms with E-state index in [9.17, 15) is 14.4 Å². The lowest BCUT2D eigenvalue weighted by molar-refractivity contribution is -0.142. The number of carboxylic acid groups (broad SMARTS) is 1. The Morgan fingerprint density at radius 2 is 1.90 bits per heavy atom. The summed E-state index contributed by atoms with van der Waals surface area (Å²) in [5, 5.41) is 19.6. The number of morpholine rings is 1. The molecule has 0 bridgehead atoms. The van der Waals surface area contributed by atoms with E-state index < -0.39 is 24.5 Å². The molecule has 1 rings (SSSR count). The minimum absolute atomic E-state index is 0.0279. The number of aliphatic hydroxyl groups is 1. The van der Waals surface area contributed by atoms with Crippen LogP contribution in [0.4, 0.5) is 0 Å². The lowest BCUT2D eigenvalue weighted by atomic mass is 10.3. The van der Waals surface area contributed by atoms with Gasteiger partial charge in [0.25, 0.3) is 0 Å². The van der Waals surface area contributed by atoms with Gasteiger partial charge in [0.2, 0.25) is 11.8 Å². The molecular formula is C11H18N2O6S. The number of carboxylic acids is 1. The normalized spacial score (nSPS) is 16.6. The van der Waals surface area contributed by atoms with Crippen LogP contribution < -0.4 is 5.32 Å². The zero-order valence-corrected chi connectivity index (χ0v) is 11.7. The second-order valence-electron chi connectivity index (χ2n) is 4.13. The van der Waals surface area contributed by atoms with E-state index in [4.69, 9.17) is 14.9 Å². The molecule has 114 valence electrons. The predicted molar refractivity (Wildman–Crippen MR) is 71.4 cm³/mol. The van der Waals surface area contributed by atoms with Crippen LogP contribution >= 0.6 is 11.8 Å². The van der Waals surface area contributed by atoms with E-state index in [-0.39, 0.29) is 17.4 Å².